The van der Waals surface area contributed by atoms with Gasteiger partial charge in [-0.2, -0.15) is 0 Å². The fraction of sp³-hybridized carbons (Fsp3) is 0.0909. The summed E-state index contributed by atoms with van der Waals surface area (Å²) in [5.41, 5.74) is 6.54. The third-order valence-electron chi connectivity index (χ3n) is 4.34. The van der Waals surface area contributed by atoms with Crippen molar-refractivity contribution in [2.45, 2.75) is 11.5 Å². The van der Waals surface area contributed by atoms with Crippen molar-refractivity contribution in [1.82, 2.24) is 0 Å². The maximum atomic E-state index is 12.8. The number of carbonyl (C=O) groups is 2. The predicted octanol–water partition coefficient (Wildman–Crippen LogP) is 2.95. The molecule has 0 aromatic heterocycles. The molecule has 0 saturated carbocycles. The van der Waals surface area contributed by atoms with Crippen LogP contribution in [-0.2, 0) is 21.4 Å². The number of methoxy groups -OCH3 is 1. The van der Waals surface area contributed by atoms with E-state index in [9.17, 15) is 18.0 Å². The lowest BCUT2D eigenvalue weighted by molar-refractivity contribution is 0.0472. The van der Waals surface area contributed by atoms with Crippen LogP contribution in [0.2, 0.25) is 0 Å². The van der Waals surface area contributed by atoms with Gasteiger partial charge in [0, 0.05) is 5.56 Å². The highest BCUT2D eigenvalue weighted by molar-refractivity contribution is 7.92. The Hall–Kier alpha value is -3.85. The molecule has 0 bridgehead atoms. The number of ether oxygens (including phenoxy) is 2. The van der Waals surface area contributed by atoms with E-state index in [-0.39, 0.29) is 22.8 Å². The second-order valence-corrected chi connectivity index (χ2v) is 8.15. The zero-order valence-corrected chi connectivity index (χ0v) is 17.4. The molecule has 0 radical (unpaired) electrons. The van der Waals surface area contributed by atoms with Crippen molar-refractivity contribution in [2.75, 3.05) is 11.8 Å². The quantitative estimate of drug-likeness (QED) is 0.519. The van der Waals surface area contributed by atoms with Crippen LogP contribution in [0.15, 0.2) is 77.7 Å². The summed E-state index contributed by atoms with van der Waals surface area (Å²) in [5, 5.41) is 0. The number of amides is 1. The number of esters is 1. The number of rotatable bonds is 8. The fourth-order valence-corrected chi connectivity index (χ4v) is 3.84. The van der Waals surface area contributed by atoms with Crippen molar-refractivity contribution in [3.05, 3.63) is 89.5 Å². The standard InChI is InChI=1S/C22H20N2O6S/c1-29-20-8-3-2-7-19(20)24-31(27,28)18-6-4-5-17(13-18)22(26)30-14-15-9-11-16(12-10-15)21(23)25/h2-13,24H,14H2,1H3,(H2,23,25). The summed E-state index contributed by atoms with van der Waals surface area (Å²) in [6.07, 6.45) is 0. The molecule has 3 aromatic rings. The minimum Gasteiger partial charge on any atom is -0.495 e. The molecule has 3 aromatic carbocycles. The van der Waals surface area contributed by atoms with E-state index >= 15 is 0 Å². The van der Waals surface area contributed by atoms with Crippen LogP contribution in [-0.4, -0.2) is 27.4 Å². The summed E-state index contributed by atoms with van der Waals surface area (Å²) in [7, 11) is -2.53. The third kappa shape index (κ3) is 5.40. The van der Waals surface area contributed by atoms with Crippen LogP contribution in [0.1, 0.15) is 26.3 Å². The molecule has 31 heavy (non-hydrogen) atoms. The van der Waals surface area contributed by atoms with E-state index in [1.165, 1.54) is 43.5 Å². The zero-order valence-electron chi connectivity index (χ0n) is 16.6. The van der Waals surface area contributed by atoms with E-state index in [0.29, 0.717) is 16.9 Å². The van der Waals surface area contributed by atoms with Crippen molar-refractivity contribution in [3.63, 3.8) is 0 Å². The van der Waals surface area contributed by atoms with Gasteiger partial charge in [0.25, 0.3) is 10.0 Å². The number of carbonyl (C=O) groups excluding carboxylic acids is 2. The Bertz CT molecular complexity index is 1210. The van der Waals surface area contributed by atoms with E-state index in [2.05, 4.69) is 4.72 Å². The van der Waals surface area contributed by atoms with Gasteiger partial charge in [-0.3, -0.25) is 9.52 Å². The minimum absolute atomic E-state index is 0.0473. The first-order valence-electron chi connectivity index (χ1n) is 9.12. The highest BCUT2D eigenvalue weighted by atomic mass is 32.2. The number of hydrogen-bond acceptors (Lipinski definition) is 6. The molecule has 1 amide bonds. The van der Waals surface area contributed by atoms with E-state index in [1.54, 1.807) is 36.4 Å². The Morgan fingerprint density at radius 1 is 0.935 bits per heavy atom. The van der Waals surface area contributed by atoms with Crippen molar-refractivity contribution >= 4 is 27.6 Å². The lowest BCUT2D eigenvalue weighted by Crippen LogP contribution is -2.15. The summed E-state index contributed by atoms with van der Waals surface area (Å²) in [6.45, 7) is -0.0473. The van der Waals surface area contributed by atoms with Crippen molar-refractivity contribution in [2.24, 2.45) is 5.73 Å². The van der Waals surface area contributed by atoms with Gasteiger partial charge in [-0.05, 0) is 48.0 Å². The predicted molar refractivity (Wildman–Crippen MR) is 114 cm³/mol. The second kappa shape index (κ2) is 9.31. The Labute approximate surface area is 179 Å². The Balaban J connectivity index is 1.72. The molecule has 3 rings (SSSR count). The van der Waals surface area contributed by atoms with Gasteiger partial charge in [-0.15, -0.1) is 0 Å². The summed E-state index contributed by atoms with van der Waals surface area (Å²) < 4.78 is 38.4. The number of para-hydroxylation sites is 2. The van der Waals surface area contributed by atoms with Gasteiger partial charge in [0.1, 0.15) is 12.4 Å². The SMILES string of the molecule is COc1ccccc1NS(=O)(=O)c1cccc(C(=O)OCc2ccc(C(N)=O)cc2)c1. The van der Waals surface area contributed by atoms with E-state index in [4.69, 9.17) is 15.2 Å². The van der Waals surface area contributed by atoms with Crippen LogP contribution >= 0.6 is 0 Å². The number of nitrogens with one attached hydrogen (secondary N) is 1. The normalized spacial score (nSPS) is 10.9. The number of hydrogen-bond donors (Lipinski definition) is 2. The smallest absolute Gasteiger partial charge is 0.338 e. The van der Waals surface area contributed by atoms with Crippen molar-refractivity contribution in [1.29, 1.82) is 0 Å². The van der Waals surface area contributed by atoms with Gasteiger partial charge < -0.3 is 15.2 Å². The Morgan fingerprint density at radius 2 is 1.65 bits per heavy atom. The van der Waals surface area contributed by atoms with Gasteiger partial charge in [0.15, 0.2) is 0 Å². The maximum Gasteiger partial charge on any atom is 0.338 e. The summed E-state index contributed by atoms with van der Waals surface area (Å²) in [6, 6.07) is 18.4. The molecule has 0 heterocycles. The maximum absolute atomic E-state index is 12.8. The summed E-state index contributed by atoms with van der Waals surface area (Å²) in [4.78, 5) is 23.4. The molecule has 9 heteroatoms. The van der Waals surface area contributed by atoms with E-state index < -0.39 is 21.9 Å². The molecule has 8 nitrogen and oxygen atoms in total. The van der Waals surface area contributed by atoms with Gasteiger partial charge in [-0.25, -0.2) is 13.2 Å². The van der Waals surface area contributed by atoms with Crippen LogP contribution < -0.4 is 15.2 Å². The first-order chi connectivity index (χ1) is 14.8. The zero-order chi connectivity index (χ0) is 22.4. The third-order valence-corrected chi connectivity index (χ3v) is 5.70. The first kappa shape index (κ1) is 21.8. The number of anilines is 1. The molecule has 0 fully saturated rings. The van der Waals surface area contributed by atoms with Crippen LogP contribution in [0.4, 0.5) is 5.69 Å². The molecule has 0 saturated heterocycles. The largest absolute Gasteiger partial charge is 0.495 e. The first-order valence-corrected chi connectivity index (χ1v) is 10.6. The van der Waals surface area contributed by atoms with Gasteiger partial charge >= 0.3 is 5.97 Å². The van der Waals surface area contributed by atoms with Crippen LogP contribution in [0.3, 0.4) is 0 Å². The lowest BCUT2D eigenvalue weighted by Gasteiger charge is -2.12. The lowest BCUT2D eigenvalue weighted by atomic mass is 10.1. The molecule has 0 atom stereocenters. The molecule has 0 aliphatic heterocycles. The molecular formula is C22H20N2O6S. The van der Waals surface area contributed by atoms with Gasteiger partial charge in [0.05, 0.1) is 23.3 Å². The van der Waals surface area contributed by atoms with E-state index in [1.807, 2.05) is 0 Å². The molecule has 0 unspecified atom stereocenters. The number of primary amides is 1. The second-order valence-electron chi connectivity index (χ2n) is 6.47. The van der Waals surface area contributed by atoms with Crippen LogP contribution in [0.5, 0.6) is 5.75 Å². The van der Waals surface area contributed by atoms with Gasteiger partial charge in [-0.1, -0.05) is 30.3 Å². The van der Waals surface area contributed by atoms with Crippen LogP contribution in [0.25, 0.3) is 0 Å². The Kier molecular flexibility index (Phi) is 6.56. The number of nitrogens with two attached hydrogens (primary N) is 1. The van der Waals surface area contributed by atoms with Gasteiger partial charge in [0.2, 0.25) is 5.91 Å². The summed E-state index contributed by atoms with van der Waals surface area (Å²) in [5.74, 6) is -0.874. The average molecular weight is 440 g/mol. The summed E-state index contributed by atoms with van der Waals surface area (Å²) >= 11 is 0. The topological polar surface area (TPSA) is 125 Å². The molecule has 160 valence electrons. The molecule has 3 N–H and O–H groups in total. The molecule has 0 aliphatic carbocycles. The van der Waals surface area contributed by atoms with Crippen molar-refractivity contribution < 1.29 is 27.5 Å². The molecular weight excluding hydrogens is 420 g/mol. The Morgan fingerprint density at radius 3 is 2.32 bits per heavy atom. The number of sulfonamides is 1. The van der Waals surface area contributed by atoms with Crippen LogP contribution in [0, 0.1) is 0 Å². The van der Waals surface area contributed by atoms with E-state index in [0.717, 1.165) is 0 Å². The monoisotopic (exact) mass is 440 g/mol. The van der Waals surface area contributed by atoms with Crippen molar-refractivity contribution in [3.8, 4) is 5.75 Å². The molecule has 0 aliphatic rings. The highest BCUT2D eigenvalue weighted by Crippen LogP contribution is 2.26. The minimum atomic E-state index is -3.96. The molecule has 0 spiro atoms. The highest BCUT2D eigenvalue weighted by Gasteiger charge is 2.19. The number of benzene rings is 3. The fourth-order valence-electron chi connectivity index (χ4n) is 2.72. The average Bonchev–Trinajstić information content (AvgIpc) is 2.78.